The molecule has 0 aromatic heterocycles. The second-order valence-electron chi connectivity index (χ2n) is 3.06. The highest BCUT2D eigenvalue weighted by Crippen LogP contribution is 2.38. The number of allylic oxidation sites excluding steroid dienone is 1. The van der Waals surface area contributed by atoms with Gasteiger partial charge in [-0.1, -0.05) is 11.6 Å². The Balaban J connectivity index is 2.89. The molecule has 1 atom stereocenters. The standard InChI is InChI=1S/C8H12O2/c1-6-4-3-5-8(6,2)7(9)10/h4H,3,5H2,1-2H3,(H,9,10)/t8-/m1/s1. The molecular weight excluding hydrogens is 128 g/mol. The van der Waals surface area contributed by atoms with Gasteiger partial charge in [0.05, 0.1) is 5.41 Å². The van der Waals surface area contributed by atoms with E-state index in [-0.39, 0.29) is 0 Å². The zero-order chi connectivity index (χ0) is 7.78. The highest BCUT2D eigenvalue weighted by molar-refractivity contribution is 5.78. The lowest BCUT2D eigenvalue weighted by Gasteiger charge is -2.19. The van der Waals surface area contributed by atoms with E-state index in [1.165, 1.54) is 0 Å². The topological polar surface area (TPSA) is 37.3 Å². The number of aliphatic carboxylic acids is 1. The van der Waals surface area contributed by atoms with Gasteiger partial charge in [-0.15, -0.1) is 0 Å². The van der Waals surface area contributed by atoms with Crippen molar-refractivity contribution in [1.29, 1.82) is 0 Å². The second-order valence-corrected chi connectivity index (χ2v) is 3.06. The molecule has 56 valence electrons. The van der Waals surface area contributed by atoms with Crippen LogP contribution < -0.4 is 0 Å². The van der Waals surface area contributed by atoms with Gasteiger partial charge >= 0.3 is 5.97 Å². The van der Waals surface area contributed by atoms with Crippen LogP contribution in [0.5, 0.6) is 0 Å². The summed E-state index contributed by atoms with van der Waals surface area (Å²) < 4.78 is 0. The number of hydrogen-bond acceptors (Lipinski definition) is 1. The molecule has 0 bridgehead atoms. The van der Waals surface area contributed by atoms with Crippen molar-refractivity contribution in [2.45, 2.75) is 26.7 Å². The van der Waals surface area contributed by atoms with Gasteiger partial charge in [0.2, 0.25) is 0 Å². The van der Waals surface area contributed by atoms with Crippen LogP contribution in [0.2, 0.25) is 0 Å². The van der Waals surface area contributed by atoms with Gasteiger partial charge in [-0.2, -0.15) is 0 Å². The number of carbonyl (C=O) groups is 1. The van der Waals surface area contributed by atoms with E-state index in [9.17, 15) is 4.79 Å². The Hall–Kier alpha value is -0.790. The fraction of sp³-hybridized carbons (Fsp3) is 0.625. The van der Waals surface area contributed by atoms with E-state index in [0.29, 0.717) is 0 Å². The quantitative estimate of drug-likeness (QED) is 0.564. The van der Waals surface area contributed by atoms with Gasteiger partial charge in [0.15, 0.2) is 0 Å². The minimum Gasteiger partial charge on any atom is -0.481 e. The summed E-state index contributed by atoms with van der Waals surface area (Å²) in [7, 11) is 0. The first-order valence-electron chi connectivity index (χ1n) is 3.48. The van der Waals surface area contributed by atoms with Crippen LogP contribution in [0.4, 0.5) is 0 Å². The maximum atomic E-state index is 10.7. The van der Waals surface area contributed by atoms with Gasteiger partial charge < -0.3 is 5.11 Å². The van der Waals surface area contributed by atoms with Crippen molar-refractivity contribution < 1.29 is 9.90 Å². The van der Waals surface area contributed by atoms with Gasteiger partial charge in [-0.3, -0.25) is 4.79 Å². The van der Waals surface area contributed by atoms with Crippen molar-refractivity contribution in [3.63, 3.8) is 0 Å². The third kappa shape index (κ3) is 0.838. The first-order chi connectivity index (χ1) is 4.57. The van der Waals surface area contributed by atoms with E-state index < -0.39 is 11.4 Å². The zero-order valence-electron chi connectivity index (χ0n) is 6.35. The predicted octanol–water partition coefficient (Wildman–Crippen LogP) is 1.82. The van der Waals surface area contributed by atoms with Crippen LogP contribution >= 0.6 is 0 Å². The predicted molar refractivity (Wildman–Crippen MR) is 38.7 cm³/mol. The molecular formula is C8H12O2. The van der Waals surface area contributed by atoms with Gasteiger partial charge in [-0.25, -0.2) is 0 Å². The van der Waals surface area contributed by atoms with Crippen molar-refractivity contribution in [3.8, 4) is 0 Å². The fourth-order valence-electron chi connectivity index (χ4n) is 1.28. The molecule has 2 heteroatoms. The first-order valence-corrected chi connectivity index (χ1v) is 3.48. The molecule has 0 heterocycles. The molecule has 10 heavy (non-hydrogen) atoms. The summed E-state index contributed by atoms with van der Waals surface area (Å²) in [4.78, 5) is 10.7. The molecule has 0 aromatic rings. The molecule has 1 aliphatic carbocycles. The normalized spacial score (nSPS) is 32.0. The van der Waals surface area contributed by atoms with Gasteiger partial charge in [0, 0.05) is 0 Å². The molecule has 0 spiro atoms. The van der Waals surface area contributed by atoms with Crippen molar-refractivity contribution >= 4 is 5.97 Å². The second kappa shape index (κ2) is 2.11. The number of carboxylic acids is 1. The Bertz CT molecular complexity index is 193. The summed E-state index contributed by atoms with van der Waals surface area (Å²) in [6.07, 6.45) is 3.68. The van der Waals surface area contributed by atoms with Crippen LogP contribution in [0.15, 0.2) is 11.6 Å². The lowest BCUT2D eigenvalue weighted by molar-refractivity contribution is -0.145. The van der Waals surface area contributed by atoms with E-state index in [4.69, 9.17) is 5.11 Å². The molecule has 0 aliphatic heterocycles. The summed E-state index contributed by atoms with van der Waals surface area (Å²) in [5.74, 6) is -0.696. The van der Waals surface area contributed by atoms with E-state index in [0.717, 1.165) is 18.4 Å². The lowest BCUT2D eigenvalue weighted by Crippen LogP contribution is -2.25. The fourth-order valence-corrected chi connectivity index (χ4v) is 1.28. The molecule has 0 amide bonds. The molecule has 0 fully saturated rings. The van der Waals surface area contributed by atoms with Crippen LogP contribution in [-0.4, -0.2) is 11.1 Å². The minimum atomic E-state index is -0.696. The largest absolute Gasteiger partial charge is 0.481 e. The summed E-state index contributed by atoms with van der Waals surface area (Å²) >= 11 is 0. The highest BCUT2D eigenvalue weighted by atomic mass is 16.4. The summed E-state index contributed by atoms with van der Waals surface area (Å²) in [6, 6.07) is 0. The molecule has 0 radical (unpaired) electrons. The molecule has 0 unspecified atom stereocenters. The van der Waals surface area contributed by atoms with E-state index in [2.05, 4.69) is 0 Å². The number of carboxylic acid groups (broad SMARTS) is 1. The third-order valence-electron chi connectivity index (χ3n) is 2.44. The van der Waals surface area contributed by atoms with Crippen molar-refractivity contribution in [2.75, 3.05) is 0 Å². The Labute approximate surface area is 60.6 Å². The van der Waals surface area contributed by atoms with Crippen LogP contribution in [0, 0.1) is 5.41 Å². The monoisotopic (exact) mass is 140 g/mol. The Kier molecular flexibility index (Phi) is 1.55. The summed E-state index contributed by atoms with van der Waals surface area (Å²) in [6.45, 7) is 3.68. The maximum absolute atomic E-state index is 10.7. The van der Waals surface area contributed by atoms with Crippen LogP contribution in [0.1, 0.15) is 26.7 Å². The lowest BCUT2D eigenvalue weighted by atomic mass is 9.84. The number of rotatable bonds is 1. The molecule has 1 aliphatic rings. The minimum absolute atomic E-state index is 0.569. The van der Waals surface area contributed by atoms with Crippen LogP contribution in [-0.2, 0) is 4.79 Å². The summed E-state index contributed by atoms with van der Waals surface area (Å²) in [5.41, 5.74) is 0.431. The zero-order valence-corrected chi connectivity index (χ0v) is 6.35. The molecule has 0 saturated carbocycles. The van der Waals surface area contributed by atoms with E-state index in [1.807, 2.05) is 13.0 Å². The van der Waals surface area contributed by atoms with Crippen LogP contribution in [0.25, 0.3) is 0 Å². The maximum Gasteiger partial charge on any atom is 0.313 e. The van der Waals surface area contributed by atoms with Crippen molar-refractivity contribution in [3.05, 3.63) is 11.6 Å². The molecule has 1 rings (SSSR count). The Morgan fingerprint density at radius 2 is 2.40 bits per heavy atom. The van der Waals surface area contributed by atoms with E-state index in [1.54, 1.807) is 6.92 Å². The van der Waals surface area contributed by atoms with Crippen LogP contribution in [0.3, 0.4) is 0 Å². The number of hydrogen-bond donors (Lipinski definition) is 1. The van der Waals surface area contributed by atoms with Gasteiger partial charge in [-0.05, 0) is 26.7 Å². The molecule has 2 nitrogen and oxygen atoms in total. The Morgan fingerprint density at radius 3 is 2.60 bits per heavy atom. The van der Waals surface area contributed by atoms with Gasteiger partial charge in [0.25, 0.3) is 0 Å². The highest BCUT2D eigenvalue weighted by Gasteiger charge is 2.37. The Morgan fingerprint density at radius 1 is 1.80 bits per heavy atom. The van der Waals surface area contributed by atoms with Crippen molar-refractivity contribution in [2.24, 2.45) is 5.41 Å². The smallest absolute Gasteiger partial charge is 0.313 e. The summed E-state index contributed by atoms with van der Waals surface area (Å²) in [5, 5.41) is 8.80. The van der Waals surface area contributed by atoms with Crippen molar-refractivity contribution in [1.82, 2.24) is 0 Å². The third-order valence-corrected chi connectivity index (χ3v) is 2.44. The first kappa shape index (κ1) is 7.32. The SMILES string of the molecule is CC1=CCC[C@@]1(C)C(=O)O. The average Bonchev–Trinajstić information content (AvgIpc) is 2.15. The molecule has 0 aromatic carbocycles. The molecule has 0 saturated heterocycles. The average molecular weight is 140 g/mol. The molecule has 1 N–H and O–H groups in total. The van der Waals surface area contributed by atoms with E-state index >= 15 is 0 Å². The van der Waals surface area contributed by atoms with Gasteiger partial charge in [0.1, 0.15) is 0 Å².